The van der Waals surface area contributed by atoms with Gasteiger partial charge in [-0.25, -0.2) is 9.97 Å². The Balaban J connectivity index is 1.97. The van der Waals surface area contributed by atoms with Gasteiger partial charge in [0.25, 0.3) is 0 Å². The third kappa shape index (κ3) is 1.94. The highest BCUT2D eigenvalue weighted by molar-refractivity contribution is 5.74. The van der Waals surface area contributed by atoms with Gasteiger partial charge in [-0.15, -0.1) is 0 Å². The predicted octanol–water partition coefficient (Wildman–Crippen LogP) is 3.17. The minimum absolute atomic E-state index is 0.865. The van der Waals surface area contributed by atoms with Crippen molar-refractivity contribution in [3.63, 3.8) is 0 Å². The fourth-order valence-corrected chi connectivity index (χ4v) is 2.52. The number of imidazole rings is 1. The van der Waals surface area contributed by atoms with E-state index < -0.39 is 0 Å². The van der Waals surface area contributed by atoms with Crippen LogP contribution < -0.4 is 0 Å². The van der Waals surface area contributed by atoms with Crippen LogP contribution in [0.1, 0.15) is 43.3 Å². The summed E-state index contributed by atoms with van der Waals surface area (Å²) in [6, 6.07) is 2.22. The molecule has 17 heavy (non-hydrogen) atoms. The third-order valence-electron chi connectivity index (χ3n) is 3.82. The number of aryl methyl sites for hydroxylation is 2. The van der Waals surface area contributed by atoms with E-state index in [-0.39, 0.29) is 0 Å². The van der Waals surface area contributed by atoms with Crippen LogP contribution in [0.4, 0.5) is 0 Å². The van der Waals surface area contributed by atoms with E-state index in [2.05, 4.69) is 34.9 Å². The molecule has 2 aromatic heterocycles. The zero-order chi connectivity index (χ0) is 11.8. The minimum atomic E-state index is 0.865. The summed E-state index contributed by atoms with van der Waals surface area (Å²) in [6.45, 7) is 4.26. The molecule has 3 rings (SSSR count). The topological polar surface area (TPSA) is 41.6 Å². The van der Waals surface area contributed by atoms with Gasteiger partial charge in [-0.1, -0.05) is 26.2 Å². The molecule has 0 unspecified atom stereocenters. The molecule has 1 fully saturated rings. The van der Waals surface area contributed by atoms with E-state index in [4.69, 9.17) is 0 Å². The van der Waals surface area contributed by atoms with Crippen LogP contribution in [0, 0.1) is 12.8 Å². The second kappa shape index (κ2) is 4.13. The number of nitrogens with zero attached hydrogens (tertiary/aromatic N) is 2. The second-order valence-electron chi connectivity index (χ2n) is 5.17. The summed E-state index contributed by atoms with van der Waals surface area (Å²) in [5.41, 5.74) is 4.50. The van der Waals surface area contributed by atoms with Gasteiger partial charge in [-0.05, 0) is 30.9 Å². The fraction of sp³-hybridized carbons (Fsp3) is 0.571. The maximum Gasteiger partial charge on any atom is 0.178 e. The number of H-pyrrole nitrogens is 1. The first-order chi connectivity index (χ1) is 8.26. The number of hydrogen-bond acceptors (Lipinski definition) is 2. The SMILES string of the molecule is CCc1nc2nc(CC3CCC3)cc(C)c2[nH]1. The van der Waals surface area contributed by atoms with Gasteiger partial charge in [-0.2, -0.15) is 0 Å². The molecule has 0 aromatic carbocycles. The van der Waals surface area contributed by atoms with E-state index in [0.29, 0.717) is 0 Å². The molecular weight excluding hydrogens is 210 g/mol. The first kappa shape index (κ1) is 10.8. The molecule has 3 nitrogen and oxygen atoms in total. The van der Waals surface area contributed by atoms with Crippen molar-refractivity contribution in [1.82, 2.24) is 15.0 Å². The molecule has 1 aliphatic rings. The van der Waals surface area contributed by atoms with Crippen molar-refractivity contribution in [3.05, 3.63) is 23.1 Å². The Morgan fingerprint density at radius 2 is 2.18 bits per heavy atom. The van der Waals surface area contributed by atoms with Crippen LogP contribution >= 0.6 is 0 Å². The van der Waals surface area contributed by atoms with Gasteiger partial charge in [0.05, 0.1) is 5.52 Å². The third-order valence-corrected chi connectivity index (χ3v) is 3.82. The largest absolute Gasteiger partial charge is 0.340 e. The summed E-state index contributed by atoms with van der Waals surface area (Å²) >= 11 is 0. The van der Waals surface area contributed by atoms with Crippen LogP contribution in [0.25, 0.3) is 11.2 Å². The lowest BCUT2D eigenvalue weighted by molar-refractivity contribution is 0.312. The standard InChI is InChI=1S/C14H19N3/c1-3-12-16-13-9(2)7-11(15-14(13)17-12)8-10-5-4-6-10/h7,10H,3-6,8H2,1-2H3,(H,15,16,17). The Hall–Kier alpha value is -1.38. The lowest BCUT2D eigenvalue weighted by Gasteiger charge is -2.24. The van der Waals surface area contributed by atoms with Gasteiger partial charge in [0.15, 0.2) is 5.65 Å². The molecule has 0 aliphatic heterocycles. The van der Waals surface area contributed by atoms with Gasteiger partial charge in [-0.3, -0.25) is 0 Å². The molecule has 0 saturated heterocycles. The highest BCUT2D eigenvalue weighted by atomic mass is 15.0. The van der Waals surface area contributed by atoms with Gasteiger partial charge in [0.2, 0.25) is 0 Å². The second-order valence-corrected chi connectivity index (χ2v) is 5.17. The van der Waals surface area contributed by atoms with Crippen LogP contribution in [-0.2, 0) is 12.8 Å². The Morgan fingerprint density at radius 1 is 1.35 bits per heavy atom. The van der Waals surface area contributed by atoms with E-state index in [1.54, 1.807) is 0 Å². The number of aromatic nitrogens is 3. The Kier molecular flexibility index (Phi) is 2.61. The summed E-state index contributed by atoms with van der Waals surface area (Å²) in [5, 5.41) is 0. The molecule has 1 saturated carbocycles. The Morgan fingerprint density at radius 3 is 2.82 bits per heavy atom. The number of aromatic amines is 1. The summed E-state index contributed by atoms with van der Waals surface area (Å²) in [4.78, 5) is 12.6. The smallest absolute Gasteiger partial charge is 0.178 e. The normalized spacial score (nSPS) is 16.4. The van der Waals surface area contributed by atoms with Gasteiger partial charge < -0.3 is 4.98 Å². The van der Waals surface area contributed by atoms with Crippen molar-refractivity contribution in [2.45, 2.75) is 46.0 Å². The maximum atomic E-state index is 4.68. The minimum Gasteiger partial charge on any atom is -0.340 e. The lowest BCUT2D eigenvalue weighted by Crippen LogP contribution is -2.14. The van der Waals surface area contributed by atoms with Crippen molar-refractivity contribution in [1.29, 1.82) is 0 Å². The molecule has 90 valence electrons. The summed E-state index contributed by atoms with van der Waals surface area (Å²) in [7, 11) is 0. The molecule has 0 atom stereocenters. The first-order valence-corrected chi connectivity index (χ1v) is 6.61. The average molecular weight is 229 g/mol. The molecule has 3 heteroatoms. The molecule has 1 aliphatic carbocycles. The zero-order valence-electron chi connectivity index (χ0n) is 10.6. The molecule has 1 N–H and O–H groups in total. The van der Waals surface area contributed by atoms with E-state index in [9.17, 15) is 0 Å². The van der Waals surface area contributed by atoms with Crippen molar-refractivity contribution in [2.24, 2.45) is 5.92 Å². The summed E-state index contributed by atoms with van der Waals surface area (Å²) < 4.78 is 0. The van der Waals surface area contributed by atoms with E-state index >= 15 is 0 Å². The Bertz CT molecular complexity index is 538. The molecule has 2 heterocycles. The van der Waals surface area contributed by atoms with Crippen molar-refractivity contribution in [3.8, 4) is 0 Å². The van der Waals surface area contributed by atoms with Crippen molar-refractivity contribution in [2.75, 3.05) is 0 Å². The predicted molar refractivity (Wildman–Crippen MR) is 69.0 cm³/mol. The molecule has 2 aromatic rings. The van der Waals surface area contributed by atoms with E-state index in [1.165, 1.54) is 30.5 Å². The molecule has 0 spiro atoms. The number of rotatable bonds is 3. The maximum absolute atomic E-state index is 4.68. The van der Waals surface area contributed by atoms with Crippen LogP contribution in [0.3, 0.4) is 0 Å². The Labute approximate surface area is 102 Å². The first-order valence-electron chi connectivity index (χ1n) is 6.61. The van der Waals surface area contributed by atoms with Crippen molar-refractivity contribution >= 4 is 11.2 Å². The molecule has 0 radical (unpaired) electrons. The number of pyridine rings is 1. The van der Waals surface area contributed by atoms with Crippen LogP contribution in [0.5, 0.6) is 0 Å². The molecule has 0 amide bonds. The van der Waals surface area contributed by atoms with E-state index in [0.717, 1.165) is 35.7 Å². The summed E-state index contributed by atoms with van der Waals surface area (Å²) in [6.07, 6.45) is 6.21. The lowest BCUT2D eigenvalue weighted by atomic mass is 9.82. The van der Waals surface area contributed by atoms with Crippen molar-refractivity contribution < 1.29 is 0 Å². The average Bonchev–Trinajstić information content (AvgIpc) is 2.67. The van der Waals surface area contributed by atoms with Crippen LogP contribution in [0.2, 0.25) is 0 Å². The van der Waals surface area contributed by atoms with Gasteiger partial charge in [0.1, 0.15) is 5.82 Å². The molecular formula is C14H19N3. The molecule has 0 bridgehead atoms. The quantitative estimate of drug-likeness (QED) is 0.878. The highest BCUT2D eigenvalue weighted by Gasteiger charge is 2.19. The zero-order valence-corrected chi connectivity index (χ0v) is 10.6. The van der Waals surface area contributed by atoms with Gasteiger partial charge in [0, 0.05) is 12.1 Å². The van der Waals surface area contributed by atoms with Crippen LogP contribution in [-0.4, -0.2) is 15.0 Å². The number of fused-ring (bicyclic) bond motifs is 1. The number of nitrogens with one attached hydrogen (secondary N) is 1. The monoisotopic (exact) mass is 229 g/mol. The fourth-order valence-electron chi connectivity index (χ4n) is 2.52. The highest BCUT2D eigenvalue weighted by Crippen LogP contribution is 2.30. The van der Waals surface area contributed by atoms with Crippen LogP contribution in [0.15, 0.2) is 6.07 Å². The summed E-state index contributed by atoms with van der Waals surface area (Å²) in [5.74, 6) is 1.90. The van der Waals surface area contributed by atoms with E-state index in [1.807, 2.05) is 0 Å². The number of hydrogen-bond donors (Lipinski definition) is 1. The van der Waals surface area contributed by atoms with Gasteiger partial charge >= 0.3 is 0 Å².